The minimum Gasteiger partial charge on any atom is -0.465 e. The van der Waals surface area contributed by atoms with Gasteiger partial charge in [0.25, 0.3) is 0 Å². The molecule has 2 amide bonds. The molecule has 14 heteroatoms. The number of hydrogen-bond donors (Lipinski definition) is 3. The Balaban J connectivity index is 0.916. The first-order valence-corrected chi connectivity index (χ1v) is 21.4. The van der Waals surface area contributed by atoms with E-state index < -0.39 is 27.2 Å². The molecule has 3 aliphatic heterocycles. The highest BCUT2D eigenvalue weighted by molar-refractivity contribution is 7.91. The lowest BCUT2D eigenvalue weighted by Crippen LogP contribution is -2.55. The highest BCUT2D eigenvalue weighted by Crippen LogP contribution is 2.50. The lowest BCUT2D eigenvalue weighted by molar-refractivity contribution is -0.111. The van der Waals surface area contributed by atoms with E-state index in [2.05, 4.69) is 31.4 Å². The van der Waals surface area contributed by atoms with E-state index in [1.54, 1.807) is 36.4 Å². The molecule has 4 fully saturated rings. The summed E-state index contributed by atoms with van der Waals surface area (Å²) in [5, 5.41) is 25.9. The summed E-state index contributed by atoms with van der Waals surface area (Å²) in [4.78, 5) is 31.3. The number of nitrogens with zero attached hydrogens (tertiary/aromatic N) is 4. The normalized spacial score (nSPS) is 22.4. The first-order valence-electron chi connectivity index (χ1n) is 19.9. The van der Waals surface area contributed by atoms with Crippen LogP contribution in [0.1, 0.15) is 37.7 Å². The van der Waals surface area contributed by atoms with E-state index in [4.69, 9.17) is 4.74 Å². The number of carbonyl (C=O) groups excluding carboxylic acids is 1. The van der Waals surface area contributed by atoms with Crippen molar-refractivity contribution in [2.24, 2.45) is 17.8 Å². The summed E-state index contributed by atoms with van der Waals surface area (Å²) < 4.78 is 47.1. The largest absolute Gasteiger partial charge is 0.465 e. The third-order valence-electron chi connectivity index (χ3n) is 12.3. The maximum absolute atomic E-state index is 14.6. The molecule has 3 aromatic rings. The molecule has 0 unspecified atom stereocenters. The molecule has 3 N–H and O–H groups in total. The van der Waals surface area contributed by atoms with Gasteiger partial charge >= 0.3 is 6.09 Å². The summed E-state index contributed by atoms with van der Waals surface area (Å²) in [6.45, 7) is 7.81. The number of piperidine rings is 1. The second-order valence-electron chi connectivity index (χ2n) is 15.8. The molecule has 0 bridgehead atoms. The van der Waals surface area contributed by atoms with E-state index in [1.807, 2.05) is 18.2 Å². The van der Waals surface area contributed by atoms with Crippen molar-refractivity contribution in [1.82, 2.24) is 15.1 Å². The molecule has 4 aliphatic rings. The summed E-state index contributed by atoms with van der Waals surface area (Å²) in [6, 6.07) is 21.8. The van der Waals surface area contributed by atoms with Crippen molar-refractivity contribution in [3.05, 3.63) is 96.3 Å². The number of carboxylic acid groups (broad SMARTS) is 1. The van der Waals surface area contributed by atoms with Crippen LogP contribution in [0.5, 0.6) is 0 Å². The Hall–Kier alpha value is -4.81. The van der Waals surface area contributed by atoms with Crippen molar-refractivity contribution < 1.29 is 32.2 Å². The van der Waals surface area contributed by atoms with Gasteiger partial charge in [0, 0.05) is 74.6 Å². The zero-order valence-corrected chi connectivity index (χ0v) is 32.9. The van der Waals surface area contributed by atoms with Crippen molar-refractivity contribution >= 4 is 33.2 Å². The summed E-state index contributed by atoms with van der Waals surface area (Å²) in [5.41, 5.74) is 0.992. The highest BCUT2D eigenvalue weighted by Gasteiger charge is 2.52. The monoisotopic (exact) mass is 798 g/mol. The molecule has 0 spiro atoms. The van der Waals surface area contributed by atoms with Crippen LogP contribution in [0.3, 0.4) is 0 Å². The van der Waals surface area contributed by atoms with Gasteiger partial charge in [-0.3, -0.25) is 9.69 Å². The van der Waals surface area contributed by atoms with Crippen LogP contribution in [0.2, 0.25) is 0 Å². The van der Waals surface area contributed by atoms with Crippen LogP contribution in [0.15, 0.2) is 94.7 Å². The number of likely N-dealkylation sites (tertiary alicyclic amines) is 1. The molecule has 7 rings (SSSR count). The van der Waals surface area contributed by atoms with Crippen molar-refractivity contribution in [3.8, 4) is 6.07 Å². The maximum atomic E-state index is 14.6. The molecular formula is C43H51FN6O6S. The number of sulfone groups is 1. The van der Waals surface area contributed by atoms with Crippen LogP contribution in [0.25, 0.3) is 0 Å². The summed E-state index contributed by atoms with van der Waals surface area (Å²) in [6.07, 6.45) is 5.86. The Morgan fingerprint density at radius 2 is 1.67 bits per heavy atom. The van der Waals surface area contributed by atoms with Crippen LogP contribution in [0, 0.1) is 34.9 Å². The van der Waals surface area contributed by atoms with Crippen LogP contribution in [-0.4, -0.2) is 107 Å². The van der Waals surface area contributed by atoms with Crippen LogP contribution in [-0.2, 0) is 24.8 Å². The summed E-state index contributed by atoms with van der Waals surface area (Å²) >= 11 is 0. The number of hydrogen-bond acceptors (Lipinski definition) is 9. The van der Waals surface area contributed by atoms with Gasteiger partial charge in [0.15, 0.2) is 0 Å². The Kier molecular flexibility index (Phi) is 12.6. The SMILES string of the molecule is N#C[C@@](c1cccc(F)c1)(C1CCN(CC2CN(c3ccc(S(=O)(=O)c4cccc(NC(=O)/C=C/CN5CCOCC5)c4)cc3)C2)CC1)[C@H]1CCC[C@@H]1NC(=O)O. The summed E-state index contributed by atoms with van der Waals surface area (Å²) in [7, 11) is -3.82. The zero-order chi connectivity index (χ0) is 40.0. The van der Waals surface area contributed by atoms with E-state index in [1.165, 1.54) is 30.3 Å². The molecule has 0 radical (unpaired) electrons. The molecule has 0 aromatic heterocycles. The third-order valence-corrected chi connectivity index (χ3v) is 14.0. The molecule has 302 valence electrons. The van der Waals surface area contributed by atoms with Gasteiger partial charge in [0.1, 0.15) is 5.82 Å². The standard InChI is InChI=1S/C43H51FN6O6S/c44-34-6-1-5-33(25-34)43(30-45,39-9-3-10-40(39)47-42(52)53)32-16-19-49(20-17-32)27-31-28-50(29-31)36-12-14-37(15-13-36)57(54,55)38-8-2-7-35(26-38)46-41(51)11-4-18-48-21-23-56-24-22-48/h1-2,4-8,11-15,25-26,31-32,39-40,47H,3,9-10,16-24,27-29H2,(H,46,51)(H,52,53)/b11-4+/t39-,40-,43-/m0/s1. The second kappa shape index (κ2) is 17.8. The first-order chi connectivity index (χ1) is 27.5. The Labute approximate surface area is 334 Å². The number of anilines is 2. The van der Waals surface area contributed by atoms with Gasteiger partial charge in [-0.1, -0.05) is 30.7 Å². The van der Waals surface area contributed by atoms with Crippen molar-refractivity contribution in [2.75, 3.05) is 75.8 Å². The van der Waals surface area contributed by atoms with Gasteiger partial charge in [-0.25, -0.2) is 17.6 Å². The number of benzene rings is 3. The first kappa shape index (κ1) is 40.4. The Bertz CT molecular complexity index is 2070. The zero-order valence-electron chi connectivity index (χ0n) is 32.1. The van der Waals surface area contributed by atoms with Gasteiger partial charge < -0.3 is 30.3 Å². The summed E-state index contributed by atoms with van der Waals surface area (Å²) in [5.74, 6) is -0.572. The molecule has 3 heterocycles. The molecule has 1 saturated carbocycles. The fourth-order valence-electron chi connectivity index (χ4n) is 9.40. The average Bonchev–Trinajstić information content (AvgIpc) is 3.65. The predicted octanol–water partition coefficient (Wildman–Crippen LogP) is 5.53. The lowest BCUT2D eigenvalue weighted by Gasteiger charge is -2.48. The van der Waals surface area contributed by atoms with E-state index in [0.29, 0.717) is 49.8 Å². The third kappa shape index (κ3) is 9.17. The number of halogens is 1. The number of morpholine rings is 1. The number of nitriles is 1. The van der Waals surface area contributed by atoms with Crippen LogP contribution < -0.4 is 15.5 Å². The molecular weight excluding hydrogens is 748 g/mol. The molecule has 3 saturated heterocycles. The number of rotatable bonds is 13. The van der Waals surface area contributed by atoms with E-state index in [-0.39, 0.29) is 33.6 Å². The van der Waals surface area contributed by atoms with Crippen molar-refractivity contribution in [3.63, 3.8) is 0 Å². The molecule has 57 heavy (non-hydrogen) atoms. The number of ether oxygens (including phenoxy) is 1. The topological polar surface area (TPSA) is 155 Å². The maximum Gasteiger partial charge on any atom is 0.404 e. The quantitative estimate of drug-likeness (QED) is 0.188. The highest BCUT2D eigenvalue weighted by atomic mass is 32.2. The lowest BCUT2D eigenvalue weighted by atomic mass is 9.59. The predicted molar refractivity (Wildman–Crippen MR) is 214 cm³/mol. The Morgan fingerprint density at radius 1 is 0.930 bits per heavy atom. The van der Waals surface area contributed by atoms with E-state index in [9.17, 15) is 32.8 Å². The smallest absolute Gasteiger partial charge is 0.404 e. The minimum atomic E-state index is -3.82. The Morgan fingerprint density at radius 3 is 2.37 bits per heavy atom. The average molecular weight is 799 g/mol. The fraction of sp³-hybridized carbons (Fsp3) is 0.465. The number of carbonyl (C=O) groups is 2. The minimum absolute atomic E-state index is 0.0384. The van der Waals surface area contributed by atoms with Gasteiger partial charge in [0.05, 0.1) is 34.5 Å². The van der Waals surface area contributed by atoms with E-state index >= 15 is 0 Å². The van der Waals surface area contributed by atoms with Gasteiger partial charge in [-0.05, 0) is 105 Å². The molecule has 1 aliphatic carbocycles. The van der Waals surface area contributed by atoms with Gasteiger partial charge in [-0.15, -0.1) is 0 Å². The molecule has 3 atom stereocenters. The van der Waals surface area contributed by atoms with Crippen molar-refractivity contribution in [1.29, 1.82) is 5.26 Å². The van der Waals surface area contributed by atoms with Gasteiger partial charge in [-0.2, -0.15) is 5.26 Å². The number of amides is 2. The van der Waals surface area contributed by atoms with Gasteiger partial charge in [0.2, 0.25) is 15.7 Å². The number of nitrogens with one attached hydrogen (secondary N) is 2. The van der Waals surface area contributed by atoms with Crippen molar-refractivity contribution in [2.45, 2.75) is 53.4 Å². The van der Waals surface area contributed by atoms with E-state index in [0.717, 1.165) is 70.8 Å². The van der Waals surface area contributed by atoms with Crippen LogP contribution >= 0.6 is 0 Å². The molecule has 12 nitrogen and oxygen atoms in total. The molecule has 3 aromatic carbocycles. The fourth-order valence-corrected chi connectivity index (χ4v) is 10.7. The second-order valence-corrected chi connectivity index (χ2v) is 17.7. The van der Waals surface area contributed by atoms with Crippen LogP contribution in [0.4, 0.5) is 20.6 Å².